The van der Waals surface area contributed by atoms with E-state index in [0.717, 1.165) is 18.4 Å². The van der Waals surface area contributed by atoms with Crippen molar-refractivity contribution in [3.8, 4) is 5.75 Å². The summed E-state index contributed by atoms with van der Waals surface area (Å²) in [4.78, 5) is 11.9. The fourth-order valence-electron chi connectivity index (χ4n) is 1.78. The van der Waals surface area contributed by atoms with Crippen LogP contribution in [0.5, 0.6) is 5.75 Å². The number of hydrogen-bond donors (Lipinski definition) is 2. The van der Waals surface area contributed by atoms with E-state index in [1.165, 1.54) is 0 Å². The van der Waals surface area contributed by atoms with E-state index in [-0.39, 0.29) is 5.91 Å². The molecule has 3 N–H and O–H groups in total. The van der Waals surface area contributed by atoms with Crippen LogP contribution in [0, 0.1) is 0 Å². The molecule has 0 aromatic heterocycles. The van der Waals surface area contributed by atoms with Gasteiger partial charge in [0.1, 0.15) is 5.75 Å². The van der Waals surface area contributed by atoms with E-state index in [1.807, 2.05) is 12.1 Å². The van der Waals surface area contributed by atoms with Gasteiger partial charge in [0.05, 0.1) is 5.02 Å². The van der Waals surface area contributed by atoms with Crippen LogP contribution in [0.4, 0.5) is 0 Å². The van der Waals surface area contributed by atoms with Crippen molar-refractivity contribution < 1.29 is 14.3 Å². The molecule has 1 atom stereocenters. The molecule has 0 spiro atoms. The second-order valence-electron chi connectivity index (χ2n) is 4.70. The quantitative estimate of drug-likeness (QED) is 0.681. The van der Waals surface area contributed by atoms with Gasteiger partial charge in [0, 0.05) is 20.3 Å². The Morgan fingerprint density at radius 2 is 2.24 bits per heavy atom. The lowest BCUT2D eigenvalue weighted by Gasteiger charge is -2.16. The Labute approximate surface area is 130 Å². The SMILES string of the molecule is COCCCNC(=O)C(C)Oc1ccc(CCN)cc1Cl. The topological polar surface area (TPSA) is 73.6 Å². The molecule has 0 aliphatic carbocycles. The number of hydrogen-bond acceptors (Lipinski definition) is 4. The average Bonchev–Trinajstić information content (AvgIpc) is 2.46. The number of nitrogens with two attached hydrogens (primary N) is 1. The maximum atomic E-state index is 11.9. The fourth-order valence-corrected chi connectivity index (χ4v) is 2.03. The summed E-state index contributed by atoms with van der Waals surface area (Å²) in [6.45, 7) is 3.43. The molecule has 0 aliphatic heterocycles. The van der Waals surface area contributed by atoms with Crippen LogP contribution in [0.2, 0.25) is 5.02 Å². The standard InChI is InChI=1S/C15H23ClN2O3/c1-11(15(19)18-8-3-9-20-2)21-14-5-4-12(6-7-17)10-13(14)16/h4-5,10-11H,3,6-9,17H2,1-2H3,(H,18,19). The Hall–Kier alpha value is -1.30. The van der Waals surface area contributed by atoms with E-state index in [0.29, 0.717) is 30.5 Å². The number of benzene rings is 1. The first-order valence-electron chi connectivity index (χ1n) is 7.00. The Morgan fingerprint density at radius 1 is 1.48 bits per heavy atom. The van der Waals surface area contributed by atoms with Gasteiger partial charge < -0.3 is 20.5 Å². The lowest BCUT2D eigenvalue weighted by atomic mass is 10.1. The number of nitrogens with one attached hydrogen (secondary N) is 1. The normalized spacial score (nSPS) is 12.0. The Balaban J connectivity index is 2.50. The summed E-state index contributed by atoms with van der Waals surface area (Å²) >= 11 is 6.15. The molecule has 0 bridgehead atoms. The van der Waals surface area contributed by atoms with Crippen molar-refractivity contribution in [2.75, 3.05) is 26.8 Å². The molecular weight excluding hydrogens is 292 g/mol. The highest BCUT2D eigenvalue weighted by Gasteiger charge is 2.15. The van der Waals surface area contributed by atoms with Crippen molar-refractivity contribution in [2.24, 2.45) is 5.73 Å². The van der Waals surface area contributed by atoms with Gasteiger partial charge in [-0.2, -0.15) is 0 Å². The summed E-state index contributed by atoms with van der Waals surface area (Å²) in [5.74, 6) is 0.324. The third-order valence-electron chi connectivity index (χ3n) is 2.93. The molecule has 5 nitrogen and oxygen atoms in total. The van der Waals surface area contributed by atoms with Crippen molar-refractivity contribution in [1.29, 1.82) is 0 Å². The van der Waals surface area contributed by atoms with E-state index in [9.17, 15) is 4.79 Å². The molecule has 0 saturated carbocycles. The van der Waals surface area contributed by atoms with Crippen LogP contribution >= 0.6 is 11.6 Å². The van der Waals surface area contributed by atoms with Crippen LogP contribution in [-0.4, -0.2) is 38.8 Å². The maximum Gasteiger partial charge on any atom is 0.260 e. The summed E-state index contributed by atoms with van der Waals surface area (Å²) in [6, 6.07) is 5.48. The first kappa shape index (κ1) is 17.8. The van der Waals surface area contributed by atoms with E-state index in [4.69, 9.17) is 26.8 Å². The van der Waals surface area contributed by atoms with Gasteiger partial charge in [0.2, 0.25) is 0 Å². The van der Waals surface area contributed by atoms with Crippen LogP contribution in [-0.2, 0) is 16.0 Å². The molecule has 0 heterocycles. The molecule has 1 aromatic rings. The summed E-state index contributed by atoms with van der Waals surface area (Å²) in [6.07, 6.45) is 0.921. The maximum absolute atomic E-state index is 11.9. The average molecular weight is 315 g/mol. The van der Waals surface area contributed by atoms with Crippen LogP contribution in [0.15, 0.2) is 18.2 Å². The van der Waals surface area contributed by atoms with Crippen LogP contribution in [0.1, 0.15) is 18.9 Å². The lowest BCUT2D eigenvalue weighted by molar-refractivity contribution is -0.127. The van der Waals surface area contributed by atoms with Gasteiger partial charge in [-0.15, -0.1) is 0 Å². The highest BCUT2D eigenvalue weighted by molar-refractivity contribution is 6.32. The number of carbonyl (C=O) groups excluding carboxylic acids is 1. The molecule has 0 fully saturated rings. The molecule has 0 aliphatic rings. The number of ether oxygens (including phenoxy) is 2. The molecule has 1 unspecified atom stereocenters. The van der Waals surface area contributed by atoms with Crippen molar-refractivity contribution in [1.82, 2.24) is 5.32 Å². The molecule has 0 radical (unpaired) electrons. The second-order valence-corrected chi connectivity index (χ2v) is 5.11. The summed E-state index contributed by atoms with van der Waals surface area (Å²) in [5, 5.41) is 3.27. The molecule has 21 heavy (non-hydrogen) atoms. The zero-order valence-corrected chi connectivity index (χ0v) is 13.3. The van der Waals surface area contributed by atoms with Gasteiger partial charge >= 0.3 is 0 Å². The second kappa shape index (κ2) is 9.60. The molecule has 1 amide bonds. The van der Waals surface area contributed by atoms with Gasteiger partial charge in [0.25, 0.3) is 5.91 Å². The van der Waals surface area contributed by atoms with E-state index in [1.54, 1.807) is 20.1 Å². The minimum Gasteiger partial charge on any atom is -0.479 e. The van der Waals surface area contributed by atoms with E-state index >= 15 is 0 Å². The summed E-state index contributed by atoms with van der Waals surface area (Å²) in [7, 11) is 1.63. The number of halogens is 1. The van der Waals surface area contributed by atoms with Crippen molar-refractivity contribution >= 4 is 17.5 Å². The third-order valence-corrected chi connectivity index (χ3v) is 3.22. The van der Waals surface area contributed by atoms with Crippen molar-refractivity contribution in [3.05, 3.63) is 28.8 Å². The third kappa shape index (κ3) is 6.33. The minimum atomic E-state index is -0.606. The van der Waals surface area contributed by atoms with Crippen LogP contribution < -0.4 is 15.8 Å². The first-order chi connectivity index (χ1) is 10.1. The summed E-state index contributed by atoms with van der Waals surface area (Å²) < 4.78 is 10.5. The predicted molar refractivity (Wildman–Crippen MR) is 83.8 cm³/mol. The smallest absolute Gasteiger partial charge is 0.260 e. The highest BCUT2D eigenvalue weighted by atomic mass is 35.5. The molecule has 0 saturated heterocycles. The minimum absolute atomic E-state index is 0.173. The highest BCUT2D eigenvalue weighted by Crippen LogP contribution is 2.26. The zero-order chi connectivity index (χ0) is 15.7. The van der Waals surface area contributed by atoms with Gasteiger partial charge in [-0.3, -0.25) is 4.79 Å². The molecular formula is C15H23ClN2O3. The molecule has 1 rings (SSSR count). The Bertz CT molecular complexity index is 455. The van der Waals surface area contributed by atoms with Crippen molar-refractivity contribution in [2.45, 2.75) is 25.9 Å². The van der Waals surface area contributed by atoms with Gasteiger partial charge in [-0.25, -0.2) is 0 Å². The predicted octanol–water partition coefficient (Wildman–Crippen LogP) is 1.76. The van der Waals surface area contributed by atoms with Gasteiger partial charge in [-0.1, -0.05) is 17.7 Å². The molecule has 1 aromatic carbocycles. The Morgan fingerprint density at radius 3 is 2.86 bits per heavy atom. The Kier molecular flexibility index (Phi) is 8.12. The number of rotatable bonds is 9. The van der Waals surface area contributed by atoms with E-state index < -0.39 is 6.10 Å². The lowest BCUT2D eigenvalue weighted by Crippen LogP contribution is -2.37. The molecule has 118 valence electrons. The van der Waals surface area contributed by atoms with Gasteiger partial charge in [-0.05, 0) is 44.0 Å². The number of methoxy groups -OCH3 is 1. The molecule has 6 heteroatoms. The number of amides is 1. The summed E-state index contributed by atoms with van der Waals surface area (Å²) in [5.41, 5.74) is 6.55. The van der Waals surface area contributed by atoms with E-state index in [2.05, 4.69) is 5.32 Å². The van der Waals surface area contributed by atoms with Crippen molar-refractivity contribution in [3.63, 3.8) is 0 Å². The monoisotopic (exact) mass is 314 g/mol. The van der Waals surface area contributed by atoms with Crippen LogP contribution in [0.3, 0.4) is 0 Å². The van der Waals surface area contributed by atoms with Crippen LogP contribution in [0.25, 0.3) is 0 Å². The fraction of sp³-hybridized carbons (Fsp3) is 0.533. The zero-order valence-electron chi connectivity index (χ0n) is 12.5. The number of carbonyl (C=O) groups is 1. The van der Waals surface area contributed by atoms with Gasteiger partial charge in [0.15, 0.2) is 6.10 Å². The largest absolute Gasteiger partial charge is 0.479 e. The first-order valence-corrected chi connectivity index (χ1v) is 7.38.